The lowest BCUT2D eigenvalue weighted by molar-refractivity contribution is 1.08. The van der Waals surface area contributed by atoms with Gasteiger partial charge in [0, 0.05) is 11.6 Å². The molecular formula is C7H6BrI2N. The highest BCUT2D eigenvalue weighted by molar-refractivity contribution is 14.1. The van der Waals surface area contributed by atoms with Crippen molar-refractivity contribution in [3.63, 3.8) is 0 Å². The van der Waals surface area contributed by atoms with Crippen LogP contribution in [0.5, 0.6) is 0 Å². The molecule has 1 nitrogen and oxygen atoms in total. The van der Waals surface area contributed by atoms with Crippen molar-refractivity contribution in [3.8, 4) is 0 Å². The number of aromatic nitrogens is 1. The van der Waals surface area contributed by atoms with Gasteiger partial charge in [0.2, 0.25) is 0 Å². The predicted molar refractivity (Wildman–Crippen MR) is 66.8 cm³/mol. The Hall–Kier alpha value is 1.09. The normalized spacial score (nSPS) is 10.3. The first-order chi connectivity index (χ1) is 5.04. The van der Waals surface area contributed by atoms with Crippen LogP contribution in [0.2, 0.25) is 0 Å². The Morgan fingerprint density at radius 1 is 1.09 bits per heavy atom. The molecule has 0 bridgehead atoms. The van der Waals surface area contributed by atoms with E-state index >= 15 is 0 Å². The maximum absolute atomic E-state index is 4.39. The van der Waals surface area contributed by atoms with Crippen molar-refractivity contribution >= 4 is 61.1 Å². The van der Waals surface area contributed by atoms with E-state index in [1.807, 2.05) is 13.8 Å². The number of pyridine rings is 1. The highest BCUT2D eigenvalue weighted by Crippen LogP contribution is 2.28. The van der Waals surface area contributed by atoms with Crippen LogP contribution in [0.4, 0.5) is 0 Å². The summed E-state index contributed by atoms with van der Waals surface area (Å²) in [5.74, 6) is 0. The van der Waals surface area contributed by atoms with E-state index < -0.39 is 0 Å². The van der Waals surface area contributed by atoms with Gasteiger partial charge in [-0.25, -0.2) is 0 Å². The molecule has 1 aromatic rings. The molecule has 11 heavy (non-hydrogen) atoms. The van der Waals surface area contributed by atoms with Crippen LogP contribution in [0.1, 0.15) is 11.4 Å². The second-order valence-corrected chi connectivity index (χ2v) is 5.18. The van der Waals surface area contributed by atoms with Gasteiger partial charge in [0.05, 0.1) is 11.4 Å². The van der Waals surface area contributed by atoms with Gasteiger partial charge in [-0.05, 0) is 75.0 Å². The molecule has 0 aliphatic heterocycles. The summed E-state index contributed by atoms with van der Waals surface area (Å²) in [4.78, 5) is 4.39. The van der Waals surface area contributed by atoms with Crippen LogP contribution in [-0.2, 0) is 0 Å². The molecule has 0 aromatic carbocycles. The summed E-state index contributed by atoms with van der Waals surface area (Å²) in [7, 11) is 0. The quantitative estimate of drug-likeness (QED) is 0.564. The lowest BCUT2D eigenvalue weighted by Gasteiger charge is -2.05. The number of nitrogens with zero attached hydrogens (tertiary/aromatic N) is 1. The fourth-order valence-electron chi connectivity index (χ4n) is 0.764. The zero-order valence-electron chi connectivity index (χ0n) is 6.08. The smallest absolute Gasteiger partial charge is 0.0521 e. The number of halogens is 3. The summed E-state index contributed by atoms with van der Waals surface area (Å²) in [5.41, 5.74) is 2.19. The van der Waals surface area contributed by atoms with E-state index in [-0.39, 0.29) is 0 Å². The monoisotopic (exact) mass is 437 g/mol. The van der Waals surface area contributed by atoms with Gasteiger partial charge < -0.3 is 0 Å². The van der Waals surface area contributed by atoms with Crippen molar-refractivity contribution in [2.45, 2.75) is 13.8 Å². The summed E-state index contributed by atoms with van der Waals surface area (Å²) < 4.78 is 3.58. The van der Waals surface area contributed by atoms with Crippen molar-refractivity contribution in [2.75, 3.05) is 0 Å². The SMILES string of the molecule is Cc1nc(C)c(I)c(Br)c1I. The molecule has 1 aromatic heterocycles. The second kappa shape index (κ2) is 3.87. The fourth-order valence-corrected chi connectivity index (χ4v) is 2.63. The molecule has 1 rings (SSSR count). The van der Waals surface area contributed by atoms with Crippen LogP contribution >= 0.6 is 61.1 Å². The van der Waals surface area contributed by atoms with Gasteiger partial charge in [0.15, 0.2) is 0 Å². The fraction of sp³-hybridized carbons (Fsp3) is 0.286. The van der Waals surface area contributed by atoms with Gasteiger partial charge in [-0.1, -0.05) is 0 Å². The minimum atomic E-state index is 1.09. The van der Waals surface area contributed by atoms with E-state index in [9.17, 15) is 0 Å². The second-order valence-electron chi connectivity index (χ2n) is 2.22. The third-order valence-corrected chi connectivity index (χ3v) is 6.27. The number of hydrogen-bond acceptors (Lipinski definition) is 1. The molecule has 0 fully saturated rings. The Morgan fingerprint density at radius 2 is 1.45 bits per heavy atom. The molecule has 0 radical (unpaired) electrons. The minimum absolute atomic E-state index is 1.09. The molecule has 60 valence electrons. The Balaban J connectivity index is 3.46. The molecular weight excluding hydrogens is 432 g/mol. The molecule has 0 atom stereocenters. The zero-order valence-corrected chi connectivity index (χ0v) is 12.0. The molecule has 0 aliphatic rings. The van der Waals surface area contributed by atoms with Gasteiger partial charge in [0.1, 0.15) is 0 Å². The number of hydrogen-bond donors (Lipinski definition) is 0. The largest absolute Gasteiger partial charge is 0.256 e. The Bertz CT molecular complexity index is 273. The summed E-state index contributed by atoms with van der Waals surface area (Å²) in [6.45, 7) is 4.05. The molecule has 0 saturated carbocycles. The molecule has 0 aliphatic carbocycles. The van der Waals surface area contributed by atoms with E-state index in [1.165, 1.54) is 11.6 Å². The standard InChI is InChI=1S/C7H6BrI2N/c1-3-6(9)5(8)7(10)4(2)11-3/h1-2H3. The summed E-state index contributed by atoms with van der Waals surface area (Å²) in [5, 5.41) is 0. The van der Waals surface area contributed by atoms with Gasteiger partial charge in [-0.3, -0.25) is 4.98 Å². The average Bonchev–Trinajstić information content (AvgIpc) is 1.97. The Labute approximate surface area is 102 Å². The third kappa shape index (κ3) is 2.06. The van der Waals surface area contributed by atoms with E-state index in [1.54, 1.807) is 0 Å². The van der Waals surface area contributed by atoms with E-state index in [4.69, 9.17) is 0 Å². The first-order valence-corrected chi connectivity index (χ1v) is 5.96. The number of aryl methyl sites for hydroxylation is 2. The molecule has 1 heterocycles. The van der Waals surface area contributed by atoms with Crippen LogP contribution < -0.4 is 0 Å². The van der Waals surface area contributed by atoms with Gasteiger partial charge in [-0.15, -0.1) is 0 Å². The van der Waals surface area contributed by atoms with E-state index in [2.05, 4.69) is 66.1 Å². The topological polar surface area (TPSA) is 12.9 Å². The van der Waals surface area contributed by atoms with Gasteiger partial charge in [0.25, 0.3) is 0 Å². The van der Waals surface area contributed by atoms with E-state index in [0.29, 0.717) is 0 Å². The van der Waals surface area contributed by atoms with Crippen LogP contribution in [0.15, 0.2) is 4.47 Å². The molecule has 0 N–H and O–H groups in total. The summed E-state index contributed by atoms with van der Waals surface area (Å²) in [6.07, 6.45) is 0. The highest BCUT2D eigenvalue weighted by Gasteiger charge is 2.08. The van der Waals surface area contributed by atoms with Crippen molar-refractivity contribution in [3.05, 3.63) is 23.0 Å². The molecule has 0 spiro atoms. The summed E-state index contributed by atoms with van der Waals surface area (Å²) in [6, 6.07) is 0. The average molecular weight is 438 g/mol. The van der Waals surface area contributed by atoms with Crippen molar-refractivity contribution < 1.29 is 0 Å². The number of rotatable bonds is 0. The first-order valence-electron chi connectivity index (χ1n) is 3.01. The molecule has 0 amide bonds. The van der Waals surface area contributed by atoms with Crippen LogP contribution in [0.25, 0.3) is 0 Å². The van der Waals surface area contributed by atoms with Crippen molar-refractivity contribution in [1.29, 1.82) is 0 Å². The van der Waals surface area contributed by atoms with Crippen LogP contribution in [0, 0.1) is 21.0 Å². The summed E-state index contributed by atoms with van der Waals surface area (Å²) >= 11 is 8.12. The maximum Gasteiger partial charge on any atom is 0.0521 e. The highest BCUT2D eigenvalue weighted by atomic mass is 127. The zero-order chi connectivity index (χ0) is 8.59. The first kappa shape index (κ1) is 10.2. The Morgan fingerprint density at radius 3 is 1.82 bits per heavy atom. The van der Waals surface area contributed by atoms with Gasteiger partial charge in [-0.2, -0.15) is 0 Å². The third-order valence-electron chi connectivity index (χ3n) is 1.36. The van der Waals surface area contributed by atoms with Gasteiger partial charge >= 0.3 is 0 Å². The lowest BCUT2D eigenvalue weighted by atomic mass is 10.3. The maximum atomic E-state index is 4.39. The van der Waals surface area contributed by atoms with Crippen molar-refractivity contribution in [1.82, 2.24) is 4.98 Å². The van der Waals surface area contributed by atoms with Crippen molar-refractivity contribution in [2.24, 2.45) is 0 Å². The lowest BCUT2D eigenvalue weighted by Crippen LogP contribution is -1.95. The minimum Gasteiger partial charge on any atom is -0.256 e. The Kier molecular flexibility index (Phi) is 3.57. The molecule has 4 heteroatoms. The molecule has 0 saturated heterocycles. The van der Waals surface area contributed by atoms with Crippen LogP contribution in [-0.4, -0.2) is 4.98 Å². The molecule has 0 unspecified atom stereocenters. The van der Waals surface area contributed by atoms with E-state index in [0.717, 1.165) is 11.4 Å². The predicted octanol–water partition coefficient (Wildman–Crippen LogP) is 3.67. The van der Waals surface area contributed by atoms with Crippen LogP contribution in [0.3, 0.4) is 0 Å².